The second-order valence-electron chi connectivity index (χ2n) is 2.17. The Kier molecular flexibility index (Phi) is 1.18. The van der Waals surface area contributed by atoms with E-state index in [4.69, 9.17) is 5.26 Å². The summed E-state index contributed by atoms with van der Waals surface area (Å²) in [5.41, 5.74) is 0.360. The molecule has 0 bridgehead atoms. The van der Waals surface area contributed by atoms with Crippen molar-refractivity contribution in [3.05, 3.63) is 22.1 Å². The van der Waals surface area contributed by atoms with Gasteiger partial charge in [-0.3, -0.25) is 9.89 Å². The maximum Gasteiger partial charge on any atom is 0.284 e. The molecule has 0 radical (unpaired) electrons. The number of nitrogens with zero attached hydrogens (tertiary/aromatic N) is 3. The van der Waals surface area contributed by atoms with Crippen LogP contribution in [0.3, 0.4) is 0 Å². The van der Waals surface area contributed by atoms with Gasteiger partial charge < -0.3 is 0 Å². The van der Waals surface area contributed by atoms with Crippen LogP contribution in [0.15, 0.2) is 11.0 Å². The molecule has 2 N–H and O–H groups in total. The number of rotatable bonds is 0. The zero-order valence-corrected chi connectivity index (χ0v) is 5.83. The molecule has 0 aliphatic carbocycles. The highest BCUT2D eigenvalue weighted by molar-refractivity contribution is 5.78. The molecule has 0 fully saturated rings. The third-order valence-corrected chi connectivity index (χ3v) is 1.49. The van der Waals surface area contributed by atoms with Gasteiger partial charge >= 0.3 is 0 Å². The number of H-pyrrole nitrogens is 2. The van der Waals surface area contributed by atoms with Gasteiger partial charge in [0.2, 0.25) is 0 Å². The van der Waals surface area contributed by atoms with Crippen LogP contribution < -0.4 is 5.56 Å². The lowest BCUT2D eigenvalue weighted by Gasteiger charge is -1.87. The molecule has 0 saturated heterocycles. The second-order valence-corrected chi connectivity index (χ2v) is 2.17. The minimum absolute atomic E-state index is 0.0116. The fraction of sp³-hybridized carbons (Fsp3) is 0. The lowest BCUT2D eigenvalue weighted by molar-refractivity contribution is 1.02. The predicted octanol–water partition coefficient (Wildman–Crippen LogP) is -0.482. The van der Waals surface area contributed by atoms with Gasteiger partial charge in [-0.05, 0) is 0 Å². The van der Waals surface area contributed by atoms with E-state index in [1.54, 1.807) is 6.07 Å². The summed E-state index contributed by atoms with van der Waals surface area (Å²) in [6, 6.07) is 1.77. The Labute approximate surface area is 65.8 Å². The van der Waals surface area contributed by atoms with Gasteiger partial charge in [-0.1, -0.05) is 0 Å². The van der Waals surface area contributed by atoms with Crippen LogP contribution in [0.5, 0.6) is 0 Å². The zero-order valence-electron chi connectivity index (χ0n) is 5.83. The van der Waals surface area contributed by atoms with E-state index in [9.17, 15) is 4.79 Å². The van der Waals surface area contributed by atoms with Crippen molar-refractivity contribution in [3.63, 3.8) is 0 Å². The predicted molar refractivity (Wildman–Crippen MR) is 39.2 cm³/mol. The number of nitriles is 1. The van der Waals surface area contributed by atoms with Crippen LogP contribution in [0.2, 0.25) is 0 Å². The normalized spacial score (nSPS) is 9.92. The van der Waals surface area contributed by atoms with Crippen LogP contribution in [0.4, 0.5) is 0 Å². The van der Waals surface area contributed by atoms with Crippen molar-refractivity contribution in [3.8, 4) is 6.07 Å². The molecule has 0 amide bonds. The van der Waals surface area contributed by atoms with Crippen molar-refractivity contribution in [1.29, 1.82) is 5.26 Å². The van der Waals surface area contributed by atoms with Gasteiger partial charge in [0.05, 0.1) is 6.20 Å². The van der Waals surface area contributed by atoms with Gasteiger partial charge in [0, 0.05) is 0 Å². The summed E-state index contributed by atoms with van der Waals surface area (Å²) in [5, 5.41) is 20.6. The summed E-state index contributed by atoms with van der Waals surface area (Å²) < 4.78 is 0. The first-order chi connectivity index (χ1) is 5.83. The van der Waals surface area contributed by atoms with Crippen LogP contribution >= 0.6 is 0 Å². The quantitative estimate of drug-likeness (QED) is 0.545. The highest BCUT2D eigenvalue weighted by atomic mass is 16.1. The van der Waals surface area contributed by atoms with Crippen molar-refractivity contribution in [1.82, 2.24) is 20.4 Å². The number of nitrogens with one attached hydrogen (secondary N) is 2. The van der Waals surface area contributed by atoms with Crippen molar-refractivity contribution >= 4 is 11.0 Å². The fourth-order valence-electron chi connectivity index (χ4n) is 0.936. The van der Waals surface area contributed by atoms with Gasteiger partial charge in [0.25, 0.3) is 5.56 Å². The van der Waals surface area contributed by atoms with Gasteiger partial charge in [-0.25, -0.2) is 5.10 Å². The molecule has 6 nitrogen and oxygen atoms in total. The highest BCUT2D eigenvalue weighted by Gasteiger charge is 2.06. The van der Waals surface area contributed by atoms with Crippen LogP contribution in [-0.2, 0) is 0 Å². The minimum atomic E-state index is -0.505. The molecule has 0 saturated carbocycles. The van der Waals surface area contributed by atoms with E-state index in [0.29, 0.717) is 11.0 Å². The van der Waals surface area contributed by atoms with E-state index in [1.165, 1.54) is 6.20 Å². The standard InChI is InChI=1S/C6H3N5O/c7-1-3-5-4(2-8-10-5)9-11-6(3)12/h2H,(H,8,10)(H,11,12). The summed E-state index contributed by atoms with van der Waals surface area (Å²) in [4.78, 5) is 11.0. The summed E-state index contributed by atoms with van der Waals surface area (Å²) in [6.07, 6.45) is 1.44. The van der Waals surface area contributed by atoms with E-state index < -0.39 is 5.56 Å². The summed E-state index contributed by atoms with van der Waals surface area (Å²) in [5.74, 6) is 0. The topological polar surface area (TPSA) is 98.2 Å². The molecule has 6 heteroatoms. The van der Waals surface area contributed by atoms with Gasteiger partial charge in [0.1, 0.15) is 22.7 Å². The maximum absolute atomic E-state index is 11.0. The van der Waals surface area contributed by atoms with Crippen LogP contribution in [0.1, 0.15) is 5.56 Å². The molecule has 0 unspecified atom stereocenters. The summed E-state index contributed by atoms with van der Waals surface area (Å²) in [7, 11) is 0. The molecule has 0 atom stereocenters. The first kappa shape index (κ1) is 6.54. The van der Waals surface area contributed by atoms with Crippen molar-refractivity contribution in [2.75, 3.05) is 0 Å². The Hall–Kier alpha value is -2.16. The summed E-state index contributed by atoms with van der Waals surface area (Å²) >= 11 is 0. The van der Waals surface area contributed by atoms with E-state index in [2.05, 4.69) is 20.4 Å². The maximum atomic E-state index is 11.0. The number of aromatic amines is 2. The number of aromatic nitrogens is 4. The highest BCUT2D eigenvalue weighted by Crippen LogP contribution is 2.05. The molecule has 2 rings (SSSR count). The van der Waals surface area contributed by atoms with Crippen LogP contribution in [0, 0.1) is 11.3 Å². The molecule has 0 aliphatic heterocycles. The van der Waals surface area contributed by atoms with E-state index in [-0.39, 0.29) is 5.56 Å². The first-order valence-corrected chi connectivity index (χ1v) is 3.15. The van der Waals surface area contributed by atoms with E-state index >= 15 is 0 Å². The molecule has 2 heterocycles. The Balaban J connectivity index is 3.05. The van der Waals surface area contributed by atoms with Gasteiger partial charge in [-0.15, -0.1) is 0 Å². The average Bonchev–Trinajstić information content (AvgIpc) is 2.52. The van der Waals surface area contributed by atoms with Crippen molar-refractivity contribution in [2.45, 2.75) is 0 Å². The molecule has 2 aromatic heterocycles. The molecule has 0 spiro atoms. The van der Waals surface area contributed by atoms with Crippen LogP contribution in [0.25, 0.3) is 11.0 Å². The van der Waals surface area contributed by atoms with E-state index in [1.807, 2.05) is 0 Å². The van der Waals surface area contributed by atoms with Gasteiger partial charge in [0.15, 0.2) is 0 Å². The second kappa shape index (κ2) is 2.17. The van der Waals surface area contributed by atoms with E-state index in [0.717, 1.165) is 0 Å². The molecular weight excluding hydrogens is 158 g/mol. The first-order valence-electron chi connectivity index (χ1n) is 3.15. The zero-order chi connectivity index (χ0) is 8.55. The molecule has 0 aromatic carbocycles. The SMILES string of the molecule is N#Cc1c(=O)[nH]nc2cn[nH]c12. The number of hydrogen-bond acceptors (Lipinski definition) is 4. The lowest BCUT2D eigenvalue weighted by Crippen LogP contribution is -2.11. The summed E-state index contributed by atoms with van der Waals surface area (Å²) in [6.45, 7) is 0. The third-order valence-electron chi connectivity index (χ3n) is 1.49. The Bertz CT molecular complexity index is 516. The Morgan fingerprint density at radius 2 is 2.33 bits per heavy atom. The third kappa shape index (κ3) is 0.703. The van der Waals surface area contributed by atoms with Crippen LogP contribution in [-0.4, -0.2) is 20.4 Å². The van der Waals surface area contributed by atoms with Crippen molar-refractivity contribution < 1.29 is 0 Å². The monoisotopic (exact) mass is 161 g/mol. The van der Waals surface area contributed by atoms with Crippen molar-refractivity contribution in [2.24, 2.45) is 0 Å². The fourth-order valence-corrected chi connectivity index (χ4v) is 0.936. The molecule has 2 aromatic rings. The smallest absolute Gasteiger partial charge is 0.275 e. The lowest BCUT2D eigenvalue weighted by atomic mass is 10.3. The number of fused-ring (bicyclic) bond motifs is 1. The largest absolute Gasteiger partial charge is 0.284 e. The van der Waals surface area contributed by atoms with Gasteiger partial charge in [-0.2, -0.15) is 15.5 Å². The minimum Gasteiger partial charge on any atom is -0.275 e. The average molecular weight is 161 g/mol. The Morgan fingerprint density at radius 3 is 3.08 bits per heavy atom. The molecule has 0 aliphatic rings. The molecule has 12 heavy (non-hydrogen) atoms. The molecule has 58 valence electrons. The number of hydrogen-bond donors (Lipinski definition) is 2. The molecular formula is C6H3N5O. The Morgan fingerprint density at radius 1 is 1.50 bits per heavy atom.